The third-order valence-corrected chi connectivity index (χ3v) is 13.2. The molecule has 1 fully saturated rings. The zero-order valence-corrected chi connectivity index (χ0v) is 37.5. The van der Waals surface area contributed by atoms with Crippen molar-refractivity contribution in [3.05, 3.63) is 78.1 Å². The molecule has 1 aromatic heterocycles. The van der Waals surface area contributed by atoms with E-state index in [0.717, 1.165) is 12.8 Å². The van der Waals surface area contributed by atoms with Crippen LogP contribution in [0, 0.1) is 6.92 Å². The molecule has 51 heavy (non-hydrogen) atoms. The number of hydrogen-bond donors (Lipinski definition) is 0. The third-order valence-electron chi connectivity index (χ3n) is 11.3. The molecule has 0 N–H and O–H groups in total. The molecule has 0 aliphatic heterocycles. The molecule has 2 rings (SSSR count). The van der Waals surface area contributed by atoms with Gasteiger partial charge in [0, 0.05) is 9.75 Å². The standard InChI is InChI=1S/C49H81PS/c1-11-17-21-23-32-43(37(7)29-19-13-3)39(9)48-45(34-24-22-18-12-2)40(10)49(51-48)47(28-15-5)46-35-26-25-33-44(46)38(8)42(16-6)41(30-20-14-4)31-27-36-50/h20,29-30H,11-19,21-28,31-36,50H2,1-10H3/b30-20-,37-29-,42-41-,43-39+,44-38+,47-46+. The van der Waals surface area contributed by atoms with Gasteiger partial charge in [-0.2, -0.15) is 0 Å². The molecule has 1 aromatic rings. The van der Waals surface area contributed by atoms with Crippen LogP contribution >= 0.6 is 20.6 Å². The first-order chi connectivity index (χ1) is 24.7. The summed E-state index contributed by atoms with van der Waals surface area (Å²) >= 11 is 2.18. The molecule has 1 unspecified atom stereocenters. The summed E-state index contributed by atoms with van der Waals surface area (Å²) in [5.41, 5.74) is 17.9. The predicted octanol–water partition coefficient (Wildman–Crippen LogP) is 17.4. The smallest absolute Gasteiger partial charge is 0.0343 e. The summed E-state index contributed by atoms with van der Waals surface area (Å²) < 4.78 is 0. The second-order valence-corrected chi connectivity index (χ2v) is 16.9. The van der Waals surface area contributed by atoms with Gasteiger partial charge in [-0.1, -0.05) is 117 Å². The van der Waals surface area contributed by atoms with Gasteiger partial charge in [0.05, 0.1) is 0 Å². The molecule has 0 radical (unpaired) electrons. The fourth-order valence-corrected chi connectivity index (χ4v) is 9.99. The quantitative estimate of drug-likeness (QED) is 0.0564. The molecule has 1 aliphatic carbocycles. The van der Waals surface area contributed by atoms with Crippen LogP contribution in [0.25, 0.3) is 11.1 Å². The maximum atomic E-state index is 2.95. The fraction of sp³-hybridized carbons (Fsp3) is 0.673. The molecule has 0 saturated heterocycles. The van der Waals surface area contributed by atoms with E-state index in [-0.39, 0.29) is 0 Å². The highest BCUT2D eigenvalue weighted by molar-refractivity contribution is 7.16. The van der Waals surface area contributed by atoms with Crippen molar-refractivity contribution < 1.29 is 0 Å². The van der Waals surface area contributed by atoms with Gasteiger partial charge in [0.25, 0.3) is 0 Å². The minimum absolute atomic E-state index is 1.10. The van der Waals surface area contributed by atoms with Gasteiger partial charge < -0.3 is 0 Å². The molecule has 0 bridgehead atoms. The van der Waals surface area contributed by atoms with Crippen LogP contribution in [0.2, 0.25) is 0 Å². The van der Waals surface area contributed by atoms with E-state index >= 15 is 0 Å². The molecule has 1 atom stereocenters. The normalized spacial score (nSPS) is 17.3. The van der Waals surface area contributed by atoms with Crippen molar-refractivity contribution in [1.29, 1.82) is 0 Å². The zero-order chi connectivity index (χ0) is 37.6. The summed E-state index contributed by atoms with van der Waals surface area (Å²) in [6, 6.07) is 0. The highest BCUT2D eigenvalue weighted by atomic mass is 32.1. The van der Waals surface area contributed by atoms with E-state index in [1.807, 2.05) is 0 Å². The van der Waals surface area contributed by atoms with Gasteiger partial charge in [0.1, 0.15) is 0 Å². The predicted molar refractivity (Wildman–Crippen MR) is 240 cm³/mol. The highest BCUT2D eigenvalue weighted by Crippen LogP contribution is 2.47. The summed E-state index contributed by atoms with van der Waals surface area (Å²) in [5.74, 6) is 0. The first-order valence-corrected chi connectivity index (χ1v) is 23.4. The van der Waals surface area contributed by atoms with E-state index in [2.05, 4.69) is 108 Å². The molecule has 2 heteroatoms. The van der Waals surface area contributed by atoms with E-state index in [1.54, 1.807) is 65.5 Å². The van der Waals surface area contributed by atoms with Crippen molar-refractivity contribution in [2.75, 3.05) is 6.16 Å². The summed E-state index contributed by atoms with van der Waals surface area (Å²) in [4.78, 5) is 3.23. The monoisotopic (exact) mass is 733 g/mol. The van der Waals surface area contributed by atoms with Crippen LogP contribution in [0.1, 0.15) is 218 Å². The second kappa shape index (κ2) is 26.4. The Morgan fingerprint density at radius 1 is 0.706 bits per heavy atom. The van der Waals surface area contributed by atoms with Crippen molar-refractivity contribution in [3.8, 4) is 0 Å². The average Bonchev–Trinajstić information content (AvgIpc) is 3.47. The van der Waals surface area contributed by atoms with Crippen LogP contribution in [0.15, 0.2) is 57.2 Å². The molecule has 1 aliphatic rings. The van der Waals surface area contributed by atoms with Crippen LogP contribution in [-0.2, 0) is 6.42 Å². The molecule has 0 nitrogen and oxygen atoms in total. The lowest BCUT2D eigenvalue weighted by Crippen LogP contribution is -2.07. The summed E-state index contributed by atoms with van der Waals surface area (Å²) in [5, 5.41) is 0. The molecule has 1 saturated carbocycles. The maximum absolute atomic E-state index is 2.95. The highest BCUT2D eigenvalue weighted by Gasteiger charge is 2.26. The number of unbranched alkanes of at least 4 members (excludes halogenated alkanes) is 7. The van der Waals surface area contributed by atoms with E-state index in [0.29, 0.717) is 0 Å². The summed E-state index contributed by atoms with van der Waals surface area (Å²) in [7, 11) is 2.95. The van der Waals surface area contributed by atoms with Gasteiger partial charge in [0.2, 0.25) is 0 Å². The Morgan fingerprint density at radius 3 is 2.00 bits per heavy atom. The van der Waals surface area contributed by atoms with Crippen LogP contribution in [0.3, 0.4) is 0 Å². The Labute approximate surface area is 325 Å². The van der Waals surface area contributed by atoms with E-state index in [4.69, 9.17) is 0 Å². The Bertz CT molecular complexity index is 1370. The van der Waals surface area contributed by atoms with Gasteiger partial charge in [-0.3, -0.25) is 0 Å². The fourth-order valence-electron chi connectivity index (χ4n) is 8.30. The van der Waals surface area contributed by atoms with Crippen molar-refractivity contribution >= 4 is 31.7 Å². The van der Waals surface area contributed by atoms with Crippen LogP contribution < -0.4 is 0 Å². The molecule has 1 heterocycles. The molecule has 0 spiro atoms. The Balaban J connectivity index is 2.96. The Kier molecular flexibility index (Phi) is 23.6. The second-order valence-electron chi connectivity index (χ2n) is 15.3. The molecular formula is C49H81PS. The minimum atomic E-state index is 1.10. The Hall–Kier alpha value is -1.43. The largest absolute Gasteiger partial charge is 0.138 e. The van der Waals surface area contributed by atoms with Crippen molar-refractivity contribution in [2.24, 2.45) is 0 Å². The lowest BCUT2D eigenvalue weighted by Gasteiger charge is -2.27. The summed E-state index contributed by atoms with van der Waals surface area (Å²) in [6.07, 6.45) is 36.1. The van der Waals surface area contributed by atoms with E-state index < -0.39 is 0 Å². The number of thiophene rings is 1. The lowest BCUT2D eigenvalue weighted by molar-refractivity contribution is 0.664. The van der Waals surface area contributed by atoms with Crippen molar-refractivity contribution in [1.82, 2.24) is 0 Å². The van der Waals surface area contributed by atoms with Gasteiger partial charge in [-0.15, -0.1) is 20.6 Å². The number of hydrogen-bond acceptors (Lipinski definition) is 1. The Morgan fingerprint density at radius 2 is 1.39 bits per heavy atom. The number of allylic oxidation sites excluding steroid dienone is 12. The van der Waals surface area contributed by atoms with Gasteiger partial charge in [-0.05, 0) is 179 Å². The van der Waals surface area contributed by atoms with Gasteiger partial charge in [0.15, 0.2) is 0 Å². The molecule has 288 valence electrons. The van der Waals surface area contributed by atoms with Crippen molar-refractivity contribution in [2.45, 2.75) is 210 Å². The molecular weight excluding hydrogens is 652 g/mol. The summed E-state index contributed by atoms with van der Waals surface area (Å²) in [6.45, 7) is 23.9. The third kappa shape index (κ3) is 14.1. The van der Waals surface area contributed by atoms with Crippen LogP contribution in [0.5, 0.6) is 0 Å². The van der Waals surface area contributed by atoms with Gasteiger partial charge >= 0.3 is 0 Å². The first kappa shape index (κ1) is 45.7. The SMILES string of the molecule is CC\C=C/C(CCCP)=C(CC)/C(C)=C1\CCCC\C1=C(\CCC)c1sc(/C(C)=C(CCCCCC)/C(C)=C\CCC)c(CCCCCC)c1C. The minimum Gasteiger partial charge on any atom is -0.138 e. The number of rotatable bonds is 24. The average molecular weight is 733 g/mol. The van der Waals surface area contributed by atoms with Gasteiger partial charge in [-0.25, -0.2) is 0 Å². The lowest BCUT2D eigenvalue weighted by atomic mass is 9.79. The van der Waals surface area contributed by atoms with Crippen LogP contribution in [-0.4, -0.2) is 6.16 Å². The van der Waals surface area contributed by atoms with E-state index in [1.165, 1.54) is 140 Å². The van der Waals surface area contributed by atoms with Crippen molar-refractivity contribution in [3.63, 3.8) is 0 Å². The topological polar surface area (TPSA) is 0 Å². The molecule has 0 amide bonds. The zero-order valence-electron chi connectivity index (χ0n) is 35.5. The van der Waals surface area contributed by atoms with Crippen LogP contribution in [0.4, 0.5) is 0 Å². The molecule has 0 aromatic carbocycles. The van der Waals surface area contributed by atoms with E-state index in [9.17, 15) is 0 Å². The maximum Gasteiger partial charge on any atom is 0.0343 e. The first-order valence-electron chi connectivity index (χ1n) is 21.8.